The molecule has 1 N–H and O–H groups in total. The Balaban J connectivity index is 2.28. The molecule has 6 heteroatoms. The second-order valence-electron chi connectivity index (χ2n) is 4.56. The summed E-state index contributed by atoms with van der Waals surface area (Å²) in [4.78, 5) is 15.9. The molecule has 0 bridgehead atoms. The first-order chi connectivity index (χ1) is 11.1. The van der Waals surface area contributed by atoms with Crippen LogP contribution in [0, 0.1) is 0 Å². The molecule has 0 fully saturated rings. The smallest absolute Gasteiger partial charge is 0.341 e. The SMILES string of the molecule is COC(=O)c1ccc(/N=C/c2ccc(OC)cc2O)cc1OC. The molecule has 0 heterocycles. The number of aromatic hydroxyl groups is 1. The average Bonchev–Trinajstić information content (AvgIpc) is 2.59. The lowest BCUT2D eigenvalue weighted by Gasteiger charge is -2.07. The molecule has 0 unspecified atom stereocenters. The van der Waals surface area contributed by atoms with Crippen LogP contribution in [0.15, 0.2) is 41.4 Å². The predicted octanol–water partition coefficient (Wildman–Crippen LogP) is 2.95. The zero-order valence-corrected chi connectivity index (χ0v) is 13.1. The fourth-order valence-electron chi connectivity index (χ4n) is 1.94. The Kier molecular flexibility index (Phi) is 5.19. The number of aliphatic imine (C=N–C) groups is 1. The highest BCUT2D eigenvalue weighted by Crippen LogP contribution is 2.27. The van der Waals surface area contributed by atoms with Gasteiger partial charge in [0.15, 0.2) is 0 Å². The number of methoxy groups -OCH3 is 3. The molecule has 2 rings (SSSR count). The monoisotopic (exact) mass is 315 g/mol. The van der Waals surface area contributed by atoms with E-state index < -0.39 is 5.97 Å². The zero-order valence-electron chi connectivity index (χ0n) is 13.1. The number of esters is 1. The van der Waals surface area contributed by atoms with Gasteiger partial charge in [0.25, 0.3) is 0 Å². The molecule has 0 aliphatic carbocycles. The number of rotatable bonds is 5. The quantitative estimate of drug-likeness (QED) is 0.678. The van der Waals surface area contributed by atoms with Gasteiger partial charge in [0.2, 0.25) is 0 Å². The van der Waals surface area contributed by atoms with Crippen LogP contribution in [-0.2, 0) is 4.74 Å². The minimum absolute atomic E-state index is 0.0613. The zero-order chi connectivity index (χ0) is 16.8. The van der Waals surface area contributed by atoms with Crippen LogP contribution >= 0.6 is 0 Å². The number of carbonyl (C=O) groups is 1. The van der Waals surface area contributed by atoms with Gasteiger partial charge in [-0.1, -0.05) is 0 Å². The summed E-state index contributed by atoms with van der Waals surface area (Å²) in [7, 11) is 4.29. The molecule has 6 nitrogen and oxygen atoms in total. The van der Waals surface area contributed by atoms with Gasteiger partial charge in [0.05, 0.1) is 27.0 Å². The minimum atomic E-state index is -0.481. The van der Waals surface area contributed by atoms with Gasteiger partial charge in [0.1, 0.15) is 22.8 Å². The summed E-state index contributed by atoms with van der Waals surface area (Å²) < 4.78 is 14.9. The van der Waals surface area contributed by atoms with Gasteiger partial charge in [0, 0.05) is 23.9 Å². The first kappa shape index (κ1) is 16.4. The van der Waals surface area contributed by atoms with Crippen LogP contribution in [0.1, 0.15) is 15.9 Å². The van der Waals surface area contributed by atoms with E-state index in [1.54, 1.807) is 30.3 Å². The lowest BCUT2D eigenvalue weighted by molar-refractivity contribution is 0.0597. The number of phenolic OH excluding ortho intramolecular Hbond substituents is 1. The van der Waals surface area contributed by atoms with Gasteiger partial charge in [-0.05, 0) is 24.3 Å². The highest BCUT2D eigenvalue weighted by atomic mass is 16.5. The van der Waals surface area contributed by atoms with Crippen molar-refractivity contribution in [3.05, 3.63) is 47.5 Å². The Labute approximate surface area is 134 Å². The Morgan fingerprint density at radius 2 is 1.87 bits per heavy atom. The Hall–Kier alpha value is -3.02. The van der Waals surface area contributed by atoms with E-state index in [4.69, 9.17) is 9.47 Å². The number of nitrogens with zero attached hydrogens (tertiary/aromatic N) is 1. The van der Waals surface area contributed by atoms with Crippen LogP contribution in [-0.4, -0.2) is 38.6 Å². The maximum atomic E-state index is 11.6. The Morgan fingerprint density at radius 3 is 2.48 bits per heavy atom. The Morgan fingerprint density at radius 1 is 1.09 bits per heavy atom. The number of phenols is 1. The fraction of sp³-hybridized carbons (Fsp3) is 0.176. The van der Waals surface area contributed by atoms with Crippen molar-refractivity contribution in [2.45, 2.75) is 0 Å². The predicted molar refractivity (Wildman–Crippen MR) is 86.2 cm³/mol. The van der Waals surface area contributed by atoms with Gasteiger partial charge >= 0.3 is 5.97 Å². The van der Waals surface area contributed by atoms with E-state index in [0.29, 0.717) is 28.3 Å². The first-order valence-electron chi connectivity index (χ1n) is 6.76. The van der Waals surface area contributed by atoms with E-state index in [2.05, 4.69) is 9.73 Å². The molecule has 0 saturated carbocycles. The number of ether oxygens (including phenoxy) is 3. The summed E-state index contributed by atoms with van der Waals surface area (Å²) in [6.45, 7) is 0. The third-order valence-corrected chi connectivity index (χ3v) is 3.18. The van der Waals surface area contributed by atoms with Gasteiger partial charge in [-0.15, -0.1) is 0 Å². The van der Waals surface area contributed by atoms with E-state index in [9.17, 15) is 9.90 Å². The molecule has 2 aromatic carbocycles. The molecule has 2 aromatic rings. The highest BCUT2D eigenvalue weighted by Gasteiger charge is 2.12. The highest BCUT2D eigenvalue weighted by molar-refractivity contribution is 5.93. The van der Waals surface area contributed by atoms with Crippen molar-refractivity contribution in [2.24, 2.45) is 4.99 Å². The summed E-state index contributed by atoms with van der Waals surface area (Å²) in [6, 6.07) is 9.77. The summed E-state index contributed by atoms with van der Waals surface area (Å²) in [6.07, 6.45) is 1.52. The summed E-state index contributed by atoms with van der Waals surface area (Å²) in [5.74, 6) is 0.505. The third kappa shape index (κ3) is 3.79. The molecule has 120 valence electrons. The topological polar surface area (TPSA) is 77.4 Å². The average molecular weight is 315 g/mol. The summed E-state index contributed by atoms with van der Waals surface area (Å²) in [5, 5.41) is 9.89. The van der Waals surface area contributed by atoms with Crippen molar-refractivity contribution in [1.82, 2.24) is 0 Å². The molecular weight excluding hydrogens is 298 g/mol. The Bertz CT molecular complexity index is 740. The molecule has 0 spiro atoms. The maximum absolute atomic E-state index is 11.6. The number of hydrogen-bond donors (Lipinski definition) is 1. The number of hydrogen-bond acceptors (Lipinski definition) is 6. The van der Waals surface area contributed by atoms with Crippen LogP contribution < -0.4 is 9.47 Å². The molecule has 0 aliphatic rings. The van der Waals surface area contributed by atoms with Gasteiger partial charge < -0.3 is 19.3 Å². The van der Waals surface area contributed by atoms with Crippen molar-refractivity contribution in [2.75, 3.05) is 21.3 Å². The molecule has 0 radical (unpaired) electrons. The molecule has 0 amide bonds. The van der Waals surface area contributed by atoms with Crippen molar-refractivity contribution in [3.63, 3.8) is 0 Å². The first-order valence-corrected chi connectivity index (χ1v) is 6.76. The normalized spacial score (nSPS) is 10.6. The minimum Gasteiger partial charge on any atom is -0.507 e. The van der Waals surface area contributed by atoms with E-state index in [0.717, 1.165) is 0 Å². The third-order valence-electron chi connectivity index (χ3n) is 3.18. The van der Waals surface area contributed by atoms with Crippen LogP contribution in [0.3, 0.4) is 0 Å². The van der Waals surface area contributed by atoms with E-state index >= 15 is 0 Å². The lowest BCUT2D eigenvalue weighted by Crippen LogP contribution is -2.03. The van der Waals surface area contributed by atoms with Crippen molar-refractivity contribution < 1.29 is 24.1 Å². The molecule has 0 aliphatic heterocycles. The summed E-state index contributed by atoms with van der Waals surface area (Å²) >= 11 is 0. The van der Waals surface area contributed by atoms with E-state index in [1.165, 1.54) is 33.6 Å². The van der Waals surface area contributed by atoms with Crippen molar-refractivity contribution >= 4 is 17.9 Å². The standard InChI is InChI=1S/C17H17NO5/c1-21-13-6-4-11(15(19)9-13)10-18-12-5-7-14(17(20)23-3)16(8-12)22-2/h4-10,19H,1-3H3/b18-10+. The van der Waals surface area contributed by atoms with Crippen LogP contribution in [0.25, 0.3) is 0 Å². The molecule has 0 aromatic heterocycles. The summed E-state index contributed by atoms with van der Waals surface area (Å²) in [5.41, 5.74) is 1.44. The van der Waals surface area contributed by atoms with Crippen LogP contribution in [0.2, 0.25) is 0 Å². The fourth-order valence-corrected chi connectivity index (χ4v) is 1.94. The van der Waals surface area contributed by atoms with E-state index in [-0.39, 0.29) is 5.75 Å². The van der Waals surface area contributed by atoms with Gasteiger partial charge in [-0.25, -0.2) is 4.79 Å². The van der Waals surface area contributed by atoms with Gasteiger partial charge in [-0.2, -0.15) is 0 Å². The molecular formula is C17H17NO5. The molecule has 0 saturated heterocycles. The lowest BCUT2D eigenvalue weighted by atomic mass is 10.1. The van der Waals surface area contributed by atoms with Crippen LogP contribution in [0.4, 0.5) is 5.69 Å². The van der Waals surface area contributed by atoms with E-state index in [1.807, 2.05) is 0 Å². The molecule has 0 atom stereocenters. The largest absolute Gasteiger partial charge is 0.507 e. The second kappa shape index (κ2) is 7.31. The van der Waals surface area contributed by atoms with Gasteiger partial charge in [-0.3, -0.25) is 4.99 Å². The molecule has 23 heavy (non-hydrogen) atoms. The maximum Gasteiger partial charge on any atom is 0.341 e. The van der Waals surface area contributed by atoms with Crippen molar-refractivity contribution in [1.29, 1.82) is 0 Å². The second-order valence-corrected chi connectivity index (χ2v) is 4.56. The number of benzene rings is 2. The van der Waals surface area contributed by atoms with Crippen molar-refractivity contribution in [3.8, 4) is 17.2 Å². The number of carbonyl (C=O) groups excluding carboxylic acids is 1. The van der Waals surface area contributed by atoms with Crippen LogP contribution in [0.5, 0.6) is 17.2 Å².